The number of benzene rings is 1. The summed E-state index contributed by atoms with van der Waals surface area (Å²) in [5.41, 5.74) is 1.02. The monoisotopic (exact) mass is 272 g/mol. The second-order valence-corrected chi connectivity index (χ2v) is 5.91. The van der Waals surface area contributed by atoms with Gasteiger partial charge in [-0.25, -0.2) is 0 Å². The number of rotatable bonds is 4. The number of fused-ring (bicyclic) bond motifs is 2. The van der Waals surface area contributed by atoms with Crippen molar-refractivity contribution in [1.29, 1.82) is 0 Å². The third kappa shape index (κ3) is 2.30. The Labute approximate surface area is 118 Å². The van der Waals surface area contributed by atoms with Gasteiger partial charge in [0.25, 0.3) is 0 Å². The fraction of sp³-hybridized carbons (Fsp3) is 0.500. The zero-order chi connectivity index (χ0) is 14.1. The van der Waals surface area contributed by atoms with Crippen molar-refractivity contribution in [3.8, 4) is 0 Å². The topological polar surface area (TPSA) is 69.2 Å². The average molecular weight is 272 g/mol. The summed E-state index contributed by atoms with van der Waals surface area (Å²) in [6, 6.07) is 9.65. The van der Waals surface area contributed by atoms with Crippen molar-refractivity contribution in [1.82, 2.24) is 5.32 Å². The minimum atomic E-state index is -1.06. The number of carboxylic acid groups (broad SMARTS) is 1. The molecule has 0 saturated heterocycles. The summed E-state index contributed by atoms with van der Waals surface area (Å²) < 4.78 is 0. The molecule has 2 saturated carbocycles. The van der Waals surface area contributed by atoms with Crippen LogP contribution in [0.1, 0.15) is 24.8 Å². The van der Waals surface area contributed by atoms with Crippen LogP contribution in [0.4, 0.5) is 0 Å². The van der Waals surface area contributed by atoms with Gasteiger partial charge in [0.2, 0.25) is 5.91 Å². The molecule has 1 aromatic rings. The highest BCUT2D eigenvalue weighted by atomic mass is 16.4. The second-order valence-electron chi connectivity index (χ2n) is 5.91. The lowest BCUT2D eigenvalue weighted by Crippen LogP contribution is -2.45. The molecule has 4 heteroatoms. The van der Waals surface area contributed by atoms with E-state index in [-0.39, 0.29) is 17.7 Å². The molecule has 0 spiro atoms. The van der Waals surface area contributed by atoms with Crippen molar-refractivity contribution in [2.75, 3.05) is 0 Å². The molecule has 0 aliphatic heterocycles. The Balaban J connectivity index is 1.66. The Hall–Kier alpha value is -1.84. The zero-order valence-electron chi connectivity index (χ0n) is 11.2. The van der Waals surface area contributed by atoms with Crippen LogP contribution in [0.15, 0.2) is 30.3 Å². The molecule has 106 valence electrons. The van der Waals surface area contributed by atoms with Crippen LogP contribution in [0, 0.1) is 23.7 Å². The van der Waals surface area contributed by atoms with Crippen LogP contribution >= 0.6 is 0 Å². The van der Waals surface area contributed by atoms with Crippen LogP contribution in [0.5, 0.6) is 0 Å². The van der Waals surface area contributed by atoms with E-state index in [1.807, 2.05) is 30.3 Å². The quantitative estimate of drug-likeness (QED) is 0.878. The van der Waals surface area contributed by atoms with Crippen molar-refractivity contribution in [3.63, 3.8) is 0 Å². The third-order valence-electron chi connectivity index (χ3n) is 4.80. The molecular formula is C16H18NO3-. The highest BCUT2D eigenvalue weighted by Crippen LogP contribution is 2.52. The van der Waals surface area contributed by atoms with Crippen molar-refractivity contribution < 1.29 is 14.7 Å². The first-order valence-corrected chi connectivity index (χ1v) is 7.19. The van der Waals surface area contributed by atoms with Gasteiger partial charge in [0.15, 0.2) is 0 Å². The van der Waals surface area contributed by atoms with Crippen LogP contribution < -0.4 is 10.4 Å². The molecular weight excluding hydrogens is 254 g/mol. The highest BCUT2D eigenvalue weighted by Gasteiger charge is 2.51. The molecule has 20 heavy (non-hydrogen) atoms. The SMILES string of the molecule is O=C([O-])[C@H]1[C@H]2CC[C@@H](C2)[C@@H]1C(=O)NCc1ccccc1. The molecule has 4 atom stereocenters. The van der Waals surface area contributed by atoms with Gasteiger partial charge in [-0.2, -0.15) is 0 Å². The van der Waals surface area contributed by atoms with Crippen LogP contribution in [0.3, 0.4) is 0 Å². The molecule has 3 rings (SSSR count). The maximum absolute atomic E-state index is 12.3. The van der Waals surface area contributed by atoms with Gasteiger partial charge >= 0.3 is 0 Å². The number of carboxylic acids is 1. The number of hydrogen-bond donors (Lipinski definition) is 1. The largest absolute Gasteiger partial charge is 0.550 e. The van der Waals surface area contributed by atoms with Gasteiger partial charge in [0.1, 0.15) is 0 Å². The summed E-state index contributed by atoms with van der Waals surface area (Å²) in [4.78, 5) is 23.6. The van der Waals surface area contributed by atoms with E-state index in [9.17, 15) is 14.7 Å². The van der Waals surface area contributed by atoms with Gasteiger partial charge in [-0.3, -0.25) is 4.79 Å². The lowest BCUT2D eigenvalue weighted by atomic mass is 9.78. The van der Waals surface area contributed by atoms with Gasteiger partial charge in [0, 0.05) is 24.3 Å². The fourth-order valence-corrected chi connectivity index (χ4v) is 3.91. The van der Waals surface area contributed by atoms with E-state index in [2.05, 4.69) is 5.32 Å². The maximum Gasteiger partial charge on any atom is 0.224 e. The van der Waals surface area contributed by atoms with Crippen LogP contribution in [-0.2, 0) is 16.1 Å². The van der Waals surface area contributed by atoms with Gasteiger partial charge < -0.3 is 15.2 Å². The Kier molecular flexibility index (Phi) is 3.47. The second kappa shape index (κ2) is 5.27. The first kappa shape index (κ1) is 13.2. The summed E-state index contributed by atoms with van der Waals surface area (Å²) >= 11 is 0. The summed E-state index contributed by atoms with van der Waals surface area (Å²) in [7, 11) is 0. The van der Waals surface area contributed by atoms with E-state index in [4.69, 9.17) is 0 Å². The number of carbonyl (C=O) groups excluding carboxylic acids is 2. The molecule has 2 bridgehead atoms. The first-order valence-electron chi connectivity index (χ1n) is 7.19. The number of hydrogen-bond acceptors (Lipinski definition) is 3. The predicted molar refractivity (Wildman–Crippen MR) is 71.1 cm³/mol. The molecule has 0 aromatic heterocycles. The predicted octanol–water partition coefficient (Wildman–Crippen LogP) is 0.715. The van der Waals surface area contributed by atoms with Crippen LogP contribution in [0.25, 0.3) is 0 Å². The van der Waals surface area contributed by atoms with Crippen LogP contribution in [0.2, 0.25) is 0 Å². The Bertz CT molecular complexity index is 514. The molecule has 1 aromatic carbocycles. The molecule has 2 aliphatic rings. The van der Waals surface area contributed by atoms with E-state index in [1.54, 1.807) is 0 Å². The van der Waals surface area contributed by atoms with Crippen LogP contribution in [-0.4, -0.2) is 11.9 Å². The normalized spacial score (nSPS) is 31.2. The smallest absolute Gasteiger partial charge is 0.224 e. The molecule has 0 unspecified atom stereocenters. The molecule has 0 radical (unpaired) electrons. The molecule has 4 nitrogen and oxygen atoms in total. The molecule has 0 heterocycles. The first-order chi connectivity index (χ1) is 9.66. The lowest BCUT2D eigenvalue weighted by Gasteiger charge is -2.30. The number of aliphatic carboxylic acids is 1. The van der Waals surface area contributed by atoms with Gasteiger partial charge in [-0.15, -0.1) is 0 Å². The van der Waals surface area contributed by atoms with Crippen molar-refractivity contribution >= 4 is 11.9 Å². The van der Waals surface area contributed by atoms with E-state index in [0.717, 1.165) is 24.8 Å². The summed E-state index contributed by atoms with van der Waals surface area (Å²) in [6.07, 6.45) is 2.76. The molecule has 2 aliphatic carbocycles. The Morgan fingerprint density at radius 2 is 1.75 bits per heavy atom. The van der Waals surface area contributed by atoms with E-state index in [0.29, 0.717) is 6.54 Å². The van der Waals surface area contributed by atoms with Gasteiger partial charge in [-0.05, 0) is 36.7 Å². The number of carbonyl (C=O) groups is 2. The summed E-state index contributed by atoms with van der Waals surface area (Å²) in [5, 5.41) is 14.2. The van der Waals surface area contributed by atoms with E-state index >= 15 is 0 Å². The lowest BCUT2D eigenvalue weighted by molar-refractivity contribution is -0.314. The maximum atomic E-state index is 12.3. The van der Waals surface area contributed by atoms with Crippen molar-refractivity contribution in [2.45, 2.75) is 25.8 Å². The minimum Gasteiger partial charge on any atom is -0.550 e. The zero-order valence-corrected chi connectivity index (χ0v) is 11.2. The number of nitrogens with one attached hydrogen (secondary N) is 1. The Morgan fingerprint density at radius 3 is 2.40 bits per heavy atom. The highest BCUT2D eigenvalue weighted by molar-refractivity contribution is 5.85. The summed E-state index contributed by atoms with van der Waals surface area (Å²) in [5.74, 6) is -1.82. The van der Waals surface area contributed by atoms with Crippen molar-refractivity contribution in [3.05, 3.63) is 35.9 Å². The van der Waals surface area contributed by atoms with Crippen molar-refractivity contribution in [2.24, 2.45) is 23.7 Å². The third-order valence-corrected chi connectivity index (χ3v) is 4.80. The van der Waals surface area contributed by atoms with E-state index in [1.165, 1.54) is 0 Å². The standard InChI is InChI=1S/C16H19NO3/c18-15(17-9-10-4-2-1-3-5-10)13-11-6-7-12(8-11)14(13)16(19)20/h1-5,11-14H,6-9H2,(H,17,18)(H,19,20)/p-1/t11-,12-,13-,14-/m0/s1. The van der Waals surface area contributed by atoms with Gasteiger partial charge in [-0.1, -0.05) is 30.3 Å². The Morgan fingerprint density at radius 1 is 1.10 bits per heavy atom. The van der Waals surface area contributed by atoms with Gasteiger partial charge in [0.05, 0.1) is 0 Å². The molecule has 2 fully saturated rings. The fourth-order valence-electron chi connectivity index (χ4n) is 3.91. The molecule has 1 amide bonds. The molecule has 1 N–H and O–H groups in total. The van der Waals surface area contributed by atoms with E-state index < -0.39 is 17.8 Å². The summed E-state index contributed by atoms with van der Waals surface area (Å²) in [6.45, 7) is 0.452. The number of amides is 1. The minimum absolute atomic E-state index is 0.129. The average Bonchev–Trinajstić information content (AvgIpc) is 3.06.